The molecule has 0 aliphatic rings. The third-order valence-electron chi connectivity index (χ3n) is 4.00. The number of rotatable bonds is 6. The van der Waals surface area contributed by atoms with Crippen molar-refractivity contribution in [1.29, 1.82) is 0 Å². The second-order valence-electron chi connectivity index (χ2n) is 5.87. The SMILES string of the molecule is Cc1cc(C(=O)N(CCc2ccccc2)Cc2cccs2)c(C)o1. The maximum atomic E-state index is 13.0. The van der Waals surface area contributed by atoms with Crippen LogP contribution in [0.4, 0.5) is 0 Å². The predicted octanol–water partition coefficient (Wildman–Crippen LogP) is 4.84. The van der Waals surface area contributed by atoms with E-state index in [0.29, 0.717) is 24.4 Å². The number of nitrogens with zero attached hydrogens (tertiary/aromatic N) is 1. The van der Waals surface area contributed by atoms with E-state index >= 15 is 0 Å². The zero-order chi connectivity index (χ0) is 16.9. The first-order valence-corrected chi connectivity index (χ1v) is 8.94. The second-order valence-corrected chi connectivity index (χ2v) is 6.90. The third kappa shape index (κ3) is 3.95. The van der Waals surface area contributed by atoms with Crippen molar-refractivity contribution < 1.29 is 9.21 Å². The van der Waals surface area contributed by atoms with Crippen molar-refractivity contribution in [3.05, 3.63) is 81.4 Å². The number of amides is 1. The van der Waals surface area contributed by atoms with Crippen LogP contribution in [0.1, 0.15) is 32.3 Å². The summed E-state index contributed by atoms with van der Waals surface area (Å²) in [6, 6.07) is 16.2. The summed E-state index contributed by atoms with van der Waals surface area (Å²) in [5, 5.41) is 2.04. The molecule has 3 rings (SSSR count). The van der Waals surface area contributed by atoms with Gasteiger partial charge in [-0.2, -0.15) is 0 Å². The lowest BCUT2D eigenvalue weighted by Gasteiger charge is -2.22. The van der Waals surface area contributed by atoms with E-state index in [4.69, 9.17) is 4.42 Å². The summed E-state index contributed by atoms with van der Waals surface area (Å²) in [6.07, 6.45) is 0.841. The zero-order valence-electron chi connectivity index (χ0n) is 14.0. The molecule has 1 aromatic carbocycles. The van der Waals surface area contributed by atoms with E-state index in [1.165, 1.54) is 10.4 Å². The third-order valence-corrected chi connectivity index (χ3v) is 4.86. The molecule has 0 aliphatic heterocycles. The van der Waals surface area contributed by atoms with Gasteiger partial charge in [0, 0.05) is 11.4 Å². The molecule has 24 heavy (non-hydrogen) atoms. The second kappa shape index (κ2) is 7.49. The topological polar surface area (TPSA) is 33.5 Å². The Labute approximate surface area is 146 Å². The molecule has 0 radical (unpaired) electrons. The van der Waals surface area contributed by atoms with Crippen LogP contribution in [0.25, 0.3) is 0 Å². The highest BCUT2D eigenvalue weighted by Gasteiger charge is 2.21. The van der Waals surface area contributed by atoms with E-state index in [2.05, 4.69) is 18.2 Å². The molecule has 0 saturated carbocycles. The summed E-state index contributed by atoms with van der Waals surface area (Å²) in [5.74, 6) is 1.50. The lowest BCUT2D eigenvalue weighted by atomic mass is 10.1. The number of hydrogen-bond acceptors (Lipinski definition) is 3. The molecule has 0 bridgehead atoms. The fourth-order valence-corrected chi connectivity index (χ4v) is 3.48. The van der Waals surface area contributed by atoms with Gasteiger partial charge in [-0.25, -0.2) is 0 Å². The smallest absolute Gasteiger partial charge is 0.257 e. The number of thiophene rings is 1. The minimum atomic E-state index is 0.0358. The van der Waals surface area contributed by atoms with Crippen LogP contribution in [-0.2, 0) is 13.0 Å². The molecule has 3 nitrogen and oxygen atoms in total. The van der Waals surface area contributed by atoms with Crippen molar-refractivity contribution in [1.82, 2.24) is 4.90 Å². The Balaban J connectivity index is 1.78. The molecule has 0 atom stereocenters. The summed E-state index contributed by atoms with van der Waals surface area (Å²) in [5.41, 5.74) is 1.90. The Morgan fingerprint density at radius 2 is 1.92 bits per heavy atom. The van der Waals surface area contributed by atoms with Crippen molar-refractivity contribution in [3.8, 4) is 0 Å². The van der Waals surface area contributed by atoms with Crippen molar-refractivity contribution in [2.45, 2.75) is 26.8 Å². The van der Waals surface area contributed by atoms with E-state index in [1.807, 2.05) is 54.5 Å². The summed E-state index contributed by atoms with van der Waals surface area (Å²) < 4.78 is 5.54. The standard InChI is InChI=1S/C20H21NO2S/c1-15-13-19(16(2)23-15)20(22)21(14-18-9-6-12-24-18)11-10-17-7-4-3-5-8-17/h3-9,12-13H,10-11,14H2,1-2H3. The predicted molar refractivity (Wildman–Crippen MR) is 97.4 cm³/mol. The number of aryl methyl sites for hydroxylation is 2. The molecule has 2 heterocycles. The molecule has 0 saturated heterocycles. The van der Waals surface area contributed by atoms with Gasteiger partial charge in [-0.1, -0.05) is 36.4 Å². The van der Waals surface area contributed by atoms with Gasteiger partial charge in [0.15, 0.2) is 0 Å². The number of furan rings is 1. The normalized spacial score (nSPS) is 10.8. The van der Waals surface area contributed by atoms with Gasteiger partial charge in [0.2, 0.25) is 0 Å². The van der Waals surface area contributed by atoms with Crippen LogP contribution >= 0.6 is 11.3 Å². The quantitative estimate of drug-likeness (QED) is 0.643. The fraction of sp³-hybridized carbons (Fsp3) is 0.250. The van der Waals surface area contributed by atoms with E-state index in [-0.39, 0.29) is 5.91 Å². The van der Waals surface area contributed by atoms with Gasteiger partial charge in [0.1, 0.15) is 11.5 Å². The Morgan fingerprint density at radius 1 is 1.12 bits per heavy atom. The largest absolute Gasteiger partial charge is 0.466 e. The van der Waals surface area contributed by atoms with Gasteiger partial charge in [0.05, 0.1) is 12.1 Å². The number of carbonyl (C=O) groups is 1. The monoisotopic (exact) mass is 339 g/mol. The highest BCUT2D eigenvalue weighted by molar-refractivity contribution is 7.09. The molecule has 0 N–H and O–H groups in total. The molecular weight excluding hydrogens is 318 g/mol. The minimum absolute atomic E-state index is 0.0358. The molecule has 124 valence electrons. The van der Waals surface area contributed by atoms with Crippen LogP contribution in [0.5, 0.6) is 0 Å². The van der Waals surface area contributed by atoms with Gasteiger partial charge in [-0.15, -0.1) is 11.3 Å². The molecule has 1 amide bonds. The Bertz CT molecular complexity index is 790. The average molecular weight is 339 g/mol. The Morgan fingerprint density at radius 3 is 2.54 bits per heavy atom. The van der Waals surface area contributed by atoms with Gasteiger partial charge in [0.25, 0.3) is 5.91 Å². The van der Waals surface area contributed by atoms with Crippen molar-refractivity contribution >= 4 is 17.2 Å². The number of hydrogen-bond donors (Lipinski definition) is 0. The average Bonchev–Trinajstić information content (AvgIpc) is 3.21. The molecule has 0 fully saturated rings. The number of carbonyl (C=O) groups excluding carboxylic acids is 1. The number of benzene rings is 1. The van der Waals surface area contributed by atoms with Crippen LogP contribution in [0, 0.1) is 13.8 Å². The van der Waals surface area contributed by atoms with Crippen LogP contribution in [0.3, 0.4) is 0 Å². The molecule has 0 aliphatic carbocycles. The summed E-state index contributed by atoms with van der Waals surface area (Å²) in [6.45, 7) is 5.04. The van der Waals surface area contributed by atoms with E-state index in [1.54, 1.807) is 11.3 Å². The van der Waals surface area contributed by atoms with E-state index < -0.39 is 0 Å². The molecule has 0 unspecified atom stereocenters. The van der Waals surface area contributed by atoms with Gasteiger partial charge < -0.3 is 9.32 Å². The van der Waals surface area contributed by atoms with Gasteiger partial charge in [-0.3, -0.25) is 4.79 Å². The van der Waals surface area contributed by atoms with Crippen LogP contribution < -0.4 is 0 Å². The first-order valence-electron chi connectivity index (χ1n) is 8.06. The van der Waals surface area contributed by atoms with Crippen molar-refractivity contribution in [2.24, 2.45) is 0 Å². The Hall–Kier alpha value is -2.33. The van der Waals surface area contributed by atoms with Crippen molar-refractivity contribution in [3.63, 3.8) is 0 Å². The lowest BCUT2D eigenvalue weighted by Crippen LogP contribution is -2.32. The molecule has 4 heteroatoms. The first-order chi connectivity index (χ1) is 11.6. The molecule has 3 aromatic rings. The summed E-state index contributed by atoms with van der Waals surface area (Å²) >= 11 is 1.68. The lowest BCUT2D eigenvalue weighted by molar-refractivity contribution is 0.0745. The van der Waals surface area contributed by atoms with Crippen LogP contribution in [0.2, 0.25) is 0 Å². The molecule has 2 aromatic heterocycles. The fourth-order valence-electron chi connectivity index (χ4n) is 2.77. The maximum Gasteiger partial charge on any atom is 0.257 e. The van der Waals surface area contributed by atoms with E-state index in [9.17, 15) is 4.79 Å². The minimum Gasteiger partial charge on any atom is -0.466 e. The zero-order valence-corrected chi connectivity index (χ0v) is 14.8. The van der Waals surface area contributed by atoms with Crippen LogP contribution in [0.15, 0.2) is 58.3 Å². The van der Waals surface area contributed by atoms with E-state index in [0.717, 1.165) is 12.2 Å². The highest BCUT2D eigenvalue weighted by atomic mass is 32.1. The Kier molecular flexibility index (Phi) is 5.16. The van der Waals surface area contributed by atoms with Crippen LogP contribution in [-0.4, -0.2) is 17.4 Å². The summed E-state index contributed by atoms with van der Waals surface area (Å²) in [4.78, 5) is 16.1. The first kappa shape index (κ1) is 16.5. The van der Waals surface area contributed by atoms with Gasteiger partial charge in [-0.05, 0) is 43.3 Å². The highest BCUT2D eigenvalue weighted by Crippen LogP contribution is 2.19. The molecule has 0 spiro atoms. The van der Waals surface area contributed by atoms with Gasteiger partial charge >= 0.3 is 0 Å². The molecular formula is C20H21NO2S. The summed E-state index contributed by atoms with van der Waals surface area (Å²) in [7, 11) is 0. The maximum absolute atomic E-state index is 13.0. The van der Waals surface area contributed by atoms with Crippen molar-refractivity contribution in [2.75, 3.05) is 6.54 Å².